The third-order valence-corrected chi connectivity index (χ3v) is 2.56. The Kier molecular flexibility index (Phi) is 2.95. The molecule has 18 heavy (non-hydrogen) atoms. The van der Waals surface area contributed by atoms with E-state index in [9.17, 15) is 9.59 Å². The largest absolute Gasteiger partial charge is 0.456 e. The number of hydrogen-bond acceptors (Lipinski definition) is 4. The van der Waals surface area contributed by atoms with Crippen LogP contribution in [0.1, 0.15) is 31.1 Å². The van der Waals surface area contributed by atoms with Crippen molar-refractivity contribution in [2.45, 2.75) is 26.6 Å². The predicted octanol–water partition coefficient (Wildman–Crippen LogP) is 2.45. The van der Waals surface area contributed by atoms with Gasteiger partial charge in [0.1, 0.15) is 11.3 Å². The number of Topliss-reactive ketones (excluding diaryl/α,β-unsaturated/α-hetero) is 1. The highest BCUT2D eigenvalue weighted by molar-refractivity contribution is 6.24. The molecule has 0 radical (unpaired) electrons. The Morgan fingerprint density at radius 2 is 1.72 bits per heavy atom. The second-order valence-corrected chi connectivity index (χ2v) is 4.52. The highest BCUT2D eigenvalue weighted by Gasteiger charge is 2.37. The first-order valence-electron chi connectivity index (χ1n) is 5.64. The number of ether oxygens (including phenoxy) is 2. The first-order valence-corrected chi connectivity index (χ1v) is 5.64. The number of carbonyl (C=O) groups is 2. The van der Waals surface area contributed by atoms with E-state index in [4.69, 9.17) is 9.47 Å². The van der Waals surface area contributed by atoms with Crippen molar-refractivity contribution in [1.82, 2.24) is 0 Å². The maximum Gasteiger partial charge on any atom is 0.348 e. The van der Waals surface area contributed by atoms with E-state index in [1.54, 1.807) is 51.1 Å². The molecule has 0 aromatic heterocycles. The fraction of sp³-hybridized carbons (Fsp3) is 0.286. The molecular formula is C14H14O4. The van der Waals surface area contributed by atoms with Gasteiger partial charge in [0.2, 0.25) is 11.6 Å². The minimum absolute atomic E-state index is 0.0412. The van der Waals surface area contributed by atoms with Gasteiger partial charge < -0.3 is 9.47 Å². The highest BCUT2D eigenvalue weighted by atomic mass is 16.7. The van der Waals surface area contributed by atoms with Crippen LogP contribution in [0.3, 0.4) is 0 Å². The van der Waals surface area contributed by atoms with Crippen molar-refractivity contribution in [2.75, 3.05) is 0 Å². The highest BCUT2D eigenvalue weighted by Crippen LogP contribution is 2.28. The molecule has 0 aliphatic carbocycles. The van der Waals surface area contributed by atoms with E-state index >= 15 is 0 Å². The van der Waals surface area contributed by atoms with Crippen molar-refractivity contribution < 1.29 is 19.1 Å². The standard InChI is InChI=1S/C14H14O4/c1-9-11(13(16)18-14(2,3)17-9)12(15)10-7-5-4-6-8-10/h4-8H,1-3H3. The molecular weight excluding hydrogens is 232 g/mol. The average Bonchev–Trinajstić information content (AvgIpc) is 2.27. The minimum atomic E-state index is -1.03. The van der Waals surface area contributed by atoms with E-state index in [2.05, 4.69) is 0 Å². The smallest absolute Gasteiger partial charge is 0.348 e. The third-order valence-electron chi connectivity index (χ3n) is 2.56. The zero-order valence-corrected chi connectivity index (χ0v) is 10.5. The van der Waals surface area contributed by atoms with Crippen LogP contribution in [0.2, 0.25) is 0 Å². The Balaban J connectivity index is 2.39. The molecule has 4 heteroatoms. The van der Waals surface area contributed by atoms with Crippen LogP contribution >= 0.6 is 0 Å². The number of ketones is 1. The minimum Gasteiger partial charge on any atom is -0.456 e. The first kappa shape index (κ1) is 12.4. The van der Waals surface area contributed by atoms with Crippen LogP contribution in [0, 0.1) is 0 Å². The molecule has 2 rings (SSSR count). The molecule has 0 unspecified atom stereocenters. The van der Waals surface area contributed by atoms with Crippen molar-refractivity contribution in [2.24, 2.45) is 0 Å². The third kappa shape index (κ3) is 2.27. The van der Waals surface area contributed by atoms with E-state index in [0.29, 0.717) is 11.3 Å². The summed E-state index contributed by atoms with van der Waals surface area (Å²) in [7, 11) is 0. The van der Waals surface area contributed by atoms with E-state index < -0.39 is 11.8 Å². The van der Waals surface area contributed by atoms with Crippen LogP contribution < -0.4 is 0 Å². The van der Waals surface area contributed by atoms with Crippen LogP contribution in [0.4, 0.5) is 0 Å². The molecule has 0 bridgehead atoms. The number of allylic oxidation sites excluding steroid dienone is 1. The number of rotatable bonds is 2. The molecule has 0 saturated heterocycles. The molecule has 1 aromatic rings. The molecule has 0 N–H and O–H groups in total. The Hall–Kier alpha value is -2.10. The van der Waals surface area contributed by atoms with Gasteiger partial charge in [-0.1, -0.05) is 30.3 Å². The number of benzene rings is 1. The fourth-order valence-electron chi connectivity index (χ4n) is 1.84. The zero-order valence-electron chi connectivity index (χ0n) is 10.5. The summed E-state index contributed by atoms with van der Waals surface area (Å²) in [6.45, 7) is 4.84. The SMILES string of the molecule is CC1=C(C(=O)c2ccccc2)C(=O)OC(C)(C)O1. The van der Waals surface area contributed by atoms with Crippen molar-refractivity contribution in [1.29, 1.82) is 0 Å². The van der Waals surface area contributed by atoms with Crippen LogP contribution in [0.15, 0.2) is 41.7 Å². The van der Waals surface area contributed by atoms with E-state index in [0.717, 1.165) is 0 Å². The Labute approximate surface area is 105 Å². The molecule has 4 nitrogen and oxygen atoms in total. The summed E-state index contributed by atoms with van der Waals surface area (Å²) in [6.07, 6.45) is 0. The summed E-state index contributed by atoms with van der Waals surface area (Å²) < 4.78 is 10.5. The Bertz CT molecular complexity index is 526. The normalized spacial score (nSPS) is 18.1. The lowest BCUT2D eigenvalue weighted by Gasteiger charge is -2.31. The van der Waals surface area contributed by atoms with Gasteiger partial charge in [0.25, 0.3) is 0 Å². The second-order valence-electron chi connectivity index (χ2n) is 4.52. The molecule has 0 fully saturated rings. The topological polar surface area (TPSA) is 52.6 Å². The molecule has 1 heterocycles. The summed E-state index contributed by atoms with van der Waals surface area (Å²) in [5, 5.41) is 0. The molecule has 0 atom stereocenters. The predicted molar refractivity (Wildman–Crippen MR) is 64.7 cm³/mol. The summed E-state index contributed by atoms with van der Waals surface area (Å²) in [6, 6.07) is 8.58. The molecule has 94 valence electrons. The van der Waals surface area contributed by atoms with Crippen LogP contribution in [-0.2, 0) is 14.3 Å². The van der Waals surface area contributed by atoms with Gasteiger partial charge in [-0.2, -0.15) is 0 Å². The lowest BCUT2D eigenvalue weighted by molar-refractivity contribution is -0.206. The summed E-state index contributed by atoms with van der Waals surface area (Å²) >= 11 is 0. The van der Waals surface area contributed by atoms with Gasteiger partial charge in [-0.3, -0.25) is 4.79 Å². The Morgan fingerprint density at radius 3 is 2.28 bits per heavy atom. The molecule has 0 amide bonds. The van der Waals surface area contributed by atoms with Crippen molar-refractivity contribution in [3.8, 4) is 0 Å². The average molecular weight is 246 g/mol. The lowest BCUT2D eigenvalue weighted by Crippen LogP contribution is -2.38. The molecule has 1 aliphatic rings. The van der Waals surface area contributed by atoms with Crippen molar-refractivity contribution in [3.05, 3.63) is 47.2 Å². The van der Waals surface area contributed by atoms with Gasteiger partial charge in [-0.25, -0.2) is 4.79 Å². The second kappa shape index (κ2) is 4.29. The van der Waals surface area contributed by atoms with Gasteiger partial charge in [-0.15, -0.1) is 0 Å². The van der Waals surface area contributed by atoms with E-state index in [-0.39, 0.29) is 11.4 Å². The van der Waals surface area contributed by atoms with Crippen LogP contribution in [0.5, 0.6) is 0 Å². The van der Waals surface area contributed by atoms with Gasteiger partial charge in [0, 0.05) is 19.4 Å². The first-order chi connectivity index (χ1) is 8.41. The summed E-state index contributed by atoms with van der Waals surface area (Å²) in [5.41, 5.74) is 0.396. The quantitative estimate of drug-likeness (QED) is 0.457. The fourth-order valence-corrected chi connectivity index (χ4v) is 1.84. The number of hydrogen-bond donors (Lipinski definition) is 0. The number of carbonyl (C=O) groups excluding carboxylic acids is 2. The van der Waals surface area contributed by atoms with E-state index in [1.807, 2.05) is 0 Å². The van der Waals surface area contributed by atoms with Gasteiger partial charge in [0.15, 0.2) is 0 Å². The number of esters is 1. The monoisotopic (exact) mass is 246 g/mol. The number of cyclic esters (lactones) is 1. The van der Waals surface area contributed by atoms with Crippen LogP contribution in [0.25, 0.3) is 0 Å². The maximum absolute atomic E-state index is 12.2. The van der Waals surface area contributed by atoms with Crippen molar-refractivity contribution >= 4 is 11.8 Å². The lowest BCUT2D eigenvalue weighted by atomic mass is 10.0. The van der Waals surface area contributed by atoms with Gasteiger partial charge >= 0.3 is 5.97 Å². The van der Waals surface area contributed by atoms with Gasteiger partial charge in [0.05, 0.1) is 0 Å². The molecule has 1 aliphatic heterocycles. The van der Waals surface area contributed by atoms with Crippen LogP contribution in [-0.4, -0.2) is 17.5 Å². The molecule has 0 spiro atoms. The summed E-state index contributed by atoms with van der Waals surface area (Å²) in [4.78, 5) is 24.0. The van der Waals surface area contributed by atoms with Gasteiger partial charge in [-0.05, 0) is 6.92 Å². The zero-order chi connectivity index (χ0) is 13.3. The maximum atomic E-state index is 12.2. The van der Waals surface area contributed by atoms with E-state index in [1.165, 1.54) is 0 Å². The molecule has 0 saturated carbocycles. The van der Waals surface area contributed by atoms with Crippen molar-refractivity contribution in [3.63, 3.8) is 0 Å². The Morgan fingerprint density at radius 1 is 1.11 bits per heavy atom. The molecule has 1 aromatic carbocycles. The summed E-state index contributed by atoms with van der Waals surface area (Å²) in [5.74, 6) is -1.75.